The number of aromatic nitrogens is 4. The van der Waals surface area contributed by atoms with E-state index in [-0.39, 0.29) is 5.30 Å². The van der Waals surface area contributed by atoms with Crippen molar-refractivity contribution in [1.82, 2.24) is 19.9 Å². The Hall–Kier alpha value is -4.03. The highest BCUT2D eigenvalue weighted by molar-refractivity contribution is 7.60. The number of hydrogen-bond acceptors (Lipinski definition) is 3. The normalized spacial score (nSPS) is 12.9. The number of benzene rings is 1. The van der Waals surface area contributed by atoms with Crippen LogP contribution < -0.4 is 5.30 Å². The highest BCUT2D eigenvalue weighted by Crippen LogP contribution is 2.35. The number of fused-ring (bicyclic) bond motifs is 8. The lowest BCUT2D eigenvalue weighted by Crippen LogP contribution is -2.02. The van der Waals surface area contributed by atoms with Gasteiger partial charge in [0.1, 0.15) is 0 Å². The van der Waals surface area contributed by atoms with Crippen LogP contribution >= 0.6 is 7.60 Å². The smallest absolute Gasteiger partial charge is 0.355 e. The molecule has 5 heterocycles. The molecule has 0 saturated carbocycles. The Balaban J connectivity index is 1.66. The van der Waals surface area contributed by atoms with E-state index >= 15 is 0 Å². The molecule has 0 aliphatic carbocycles. The van der Waals surface area contributed by atoms with Crippen molar-refractivity contribution >= 4 is 59.3 Å². The van der Waals surface area contributed by atoms with Crippen LogP contribution in [0.25, 0.3) is 57.5 Å². The van der Waals surface area contributed by atoms with Crippen molar-refractivity contribution in [3.63, 3.8) is 0 Å². The molecule has 0 spiro atoms. The van der Waals surface area contributed by atoms with Gasteiger partial charge in [0.05, 0.1) is 28.1 Å². The van der Waals surface area contributed by atoms with Gasteiger partial charge < -0.3 is 19.8 Å². The molecule has 8 bridgehead atoms. The molecule has 166 valence electrons. The first-order chi connectivity index (χ1) is 16.4. The van der Waals surface area contributed by atoms with Gasteiger partial charge in [-0.3, -0.25) is 4.57 Å². The van der Waals surface area contributed by atoms with Gasteiger partial charge in [0, 0.05) is 27.6 Å². The van der Waals surface area contributed by atoms with Crippen LogP contribution in [0.1, 0.15) is 22.8 Å². The zero-order valence-electron chi connectivity index (χ0n) is 17.8. The molecular formula is C26H19N4O3P. The molecule has 0 fully saturated rings. The van der Waals surface area contributed by atoms with E-state index in [1.165, 1.54) is 12.1 Å². The first-order valence-electron chi connectivity index (χ1n) is 10.6. The average Bonchev–Trinajstić information content (AvgIpc) is 3.59. The Bertz CT molecular complexity index is 1710. The summed E-state index contributed by atoms with van der Waals surface area (Å²) >= 11 is 0. The number of nitrogens with one attached hydrogen (secondary N) is 2. The molecular weight excluding hydrogens is 447 g/mol. The monoisotopic (exact) mass is 466 g/mol. The minimum absolute atomic E-state index is 0.0208. The van der Waals surface area contributed by atoms with Crippen molar-refractivity contribution in [2.45, 2.75) is 0 Å². The molecule has 4 aromatic rings. The summed E-state index contributed by atoms with van der Waals surface area (Å²) < 4.78 is 11.6. The van der Waals surface area contributed by atoms with Gasteiger partial charge in [0.15, 0.2) is 0 Å². The van der Waals surface area contributed by atoms with Crippen molar-refractivity contribution in [2.24, 2.45) is 0 Å². The van der Waals surface area contributed by atoms with Crippen LogP contribution in [-0.2, 0) is 4.57 Å². The Morgan fingerprint density at radius 2 is 1.21 bits per heavy atom. The second kappa shape index (κ2) is 7.78. The van der Waals surface area contributed by atoms with Gasteiger partial charge in [-0.15, -0.1) is 0 Å². The summed E-state index contributed by atoms with van der Waals surface area (Å²) in [4.78, 5) is 35.3. The molecule has 3 aromatic heterocycles. The van der Waals surface area contributed by atoms with E-state index in [9.17, 15) is 14.4 Å². The van der Waals surface area contributed by atoms with E-state index in [2.05, 4.69) is 15.0 Å². The fraction of sp³-hybridized carbons (Fsp3) is 0. The van der Waals surface area contributed by atoms with Crippen LogP contribution in [0.2, 0.25) is 0 Å². The molecule has 1 aromatic carbocycles. The first kappa shape index (κ1) is 20.6. The molecule has 0 amide bonds. The second-order valence-electron chi connectivity index (χ2n) is 8.15. The van der Waals surface area contributed by atoms with Gasteiger partial charge in [-0.05, 0) is 84.5 Å². The minimum atomic E-state index is -4.32. The van der Waals surface area contributed by atoms with E-state index < -0.39 is 7.60 Å². The number of H-pyrrole nitrogens is 2. The molecule has 0 unspecified atom stereocenters. The zero-order chi connectivity index (χ0) is 23.3. The lowest BCUT2D eigenvalue weighted by atomic mass is 10.0. The maximum atomic E-state index is 11.6. The molecule has 4 N–H and O–H groups in total. The van der Waals surface area contributed by atoms with Crippen LogP contribution in [0.3, 0.4) is 0 Å². The maximum absolute atomic E-state index is 11.6. The summed E-state index contributed by atoms with van der Waals surface area (Å²) in [6.45, 7) is 0. The van der Waals surface area contributed by atoms with Gasteiger partial charge >= 0.3 is 7.60 Å². The summed E-state index contributed by atoms with van der Waals surface area (Å²) in [5.41, 5.74) is 8.49. The third kappa shape index (κ3) is 3.93. The Labute approximate surface area is 194 Å². The van der Waals surface area contributed by atoms with Crippen molar-refractivity contribution in [1.29, 1.82) is 0 Å². The van der Waals surface area contributed by atoms with Crippen molar-refractivity contribution in [3.8, 4) is 11.1 Å². The van der Waals surface area contributed by atoms with Crippen LogP contribution in [-0.4, -0.2) is 29.7 Å². The van der Waals surface area contributed by atoms with Crippen LogP contribution in [0, 0.1) is 0 Å². The van der Waals surface area contributed by atoms with Crippen LogP contribution in [0.5, 0.6) is 0 Å². The summed E-state index contributed by atoms with van der Waals surface area (Å²) in [6, 6.07) is 20.2. The summed E-state index contributed by atoms with van der Waals surface area (Å²) in [7, 11) is -4.32. The predicted molar refractivity (Wildman–Crippen MR) is 136 cm³/mol. The molecule has 34 heavy (non-hydrogen) atoms. The molecule has 0 radical (unpaired) electrons. The molecule has 0 saturated heterocycles. The number of aromatic amines is 2. The molecule has 0 atom stereocenters. The van der Waals surface area contributed by atoms with Crippen molar-refractivity contribution in [3.05, 3.63) is 89.5 Å². The van der Waals surface area contributed by atoms with Crippen molar-refractivity contribution in [2.75, 3.05) is 0 Å². The third-order valence-corrected chi connectivity index (χ3v) is 6.68. The molecule has 6 rings (SSSR count). The number of nitrogens with zero attached hydrogens (tertiary/aromatic N) is 2. The van der Waals surface area contributed by atoms with E-state index in [0.717, 1.165) is 56.0 Å². The lowest BCUT2D eigenvalue weighted by molar-refractivity contribution is 0.387. The standard InChI is InChI=1S/C26H19N4O3P/c31-34(32,33)23-9-1-16(2-10-23)26-24-11-7-21(29-24)14-19-5-3-17(27-19)13-18-4-6-20(28-18)15-22-8-12-25(26)30-22/h1-15,27,30H,(H2,31,32,33). The quantitative estimate of drug-likeness (QED) is 0.264. The van der Waals surface area contributed by atoms with E-state index in [4.69, 9.17) is 4.98 Å². The van der Waals surface area contributed by atoms with Gasteiger partial charge in [-0.1, -0.05) is 12.1 Å². The van der Waals surface area contributed by atoms with Gasteiger partial charge in [-0.25, -0.2) is 9.97 Å². The number of rotatable bonds is 2. The predicted octanol–water partition coefficient (Wildman–Crippen LogP) is 5.13. The molecule has 2 aliphatic rings. The van der Waals surface area contributed by atoms with Crippen molar-refractivity contribution < 1.29 is 14.4 Å². The Kier molecular flexibility index (Phi) is 4.71. The largest absolute Gasteiger partial charge is 0.356 e. The molecule has 8 heteroatoms. The third-order valence-electron chi connectivity index (χ3n) is 5.71. The van der Waals surface area contributed by atoms with E-state index in [1.54, 1.807) is 12.1 Å². The van der Waals surface area contributed by atoms with Gasteiger partial charge in [-0.2, -0.15) is 0 Å². The summed E-state index contributed by atoms with van der Waals surface area (Å²) in [6.07, 6.45) is 7.84. The van der Waals surface area contributed by atoms with Crippen LogP contribution in [0.4, 0.5) is 0 Å². The van der Waals surface area contributed by atoms with E-state index in [0.29, 0.717) is 0 Å². The summed E-state index contributed by atoms with van der Waals surface area (Å²) in [5.74, 6) is 0. The molecule has 7 nitrogen and oxygen atoms in total. The van der Waals surface area contributed by atoms with Gasteiger partial charge in [0.2, 0.25) is 0 Å². The highest BCUT2D eigenvalue weighted by Gasteiger charge is 2.17. The highest BCUT2D eigenvalue weighted by atomic mass is 31.2. The number of hydrogen-bond donors (Lipinski definition) is 4. The molecule has 2 aliphatic heterocycles. The average molecular weight is 466 g/mol. The Morgan fingerprint density at radius 3 is 1.85 bits per heavy atom. The topological polar surface area (TPSA) is 115 Å². The van der Waals surface area contributed by atoms with Gasteiger partial charge in [0.25, 0.3) is 0 Å². The minimum Gasteiger partial charge on any atom is -0.355 e. The SMILES string of the molecule is O=P(O)(O)c1ccc(-c2c3nc(cc4ccc(cc5nc(cc6ccc2[nH]6)C=C5)[nH]4)C=C3)cc1. The first-order valence-corrected chi connectivity index (χ1v) is 12.3. The van der Waals surface area contributed by atoms with Crippen LogP contribution in [0.15, 0.2) is 66.7 Å². The fourth-order valence-corrected chi connectivity index (χ4v) is 4.67. The second-order valence-corrected chi connectivity index (χ2v) is 9.75. The lowest BCUT2D eigenvalue weighted by Gasteiger charge is -2.07. The fourth-order valence-electron chi connectivity index (χ4n) is 4.13. The maximum Gasteiger partial charge on any atom is 0.356 e. The Morgan fingerprint density at radius 1 is 0.647 bits per heavy atom. The summed E-state index contributed by atoms with van der Waals surface area (Å²) in [5, 5.41) is -0.0208. The zero-order valence-corrected chi connectivity index (χ0v) is 18.7. The van der Waals surface area contributed by atoms with E-state index in [1.807, 2.05) is 66.8 Å².